The van der Waals surface area contributed by atoms with Crippen LogP contribution in [0, 0.1) is 17.8 Å². The van der Waals surface area contributed by atoms with E-state index in [2.05, 4.69) is 20.2 Å². The van der Waals surface area contributed by atoms with Gasteiger partial charge in [-0.1, -0.05) is 0 Å². The maximum atomic E-state index is 12.0. The summed E-state index contributed by atoms with van der Waals surface area (Å²) >= 11 is 5.72. The third kappa shape index (κ3) is 2.40. The van der Waals surface area contributed by atoms with Crippen LogP contribution in [0.5, 0.6) is 0 Å². The van der Waals surface area contributed by atoms with E-state index in [4.69, 9.17) is 16.3 Å². The third-order valence-corrected chi connectivity index (χ3v) is 4.36. The van der Waals surface area contributed by atoms with Gasteiger partial charge in [0.05, 0.1) is 19.2 Å². The highest BCUT2D eigenvalue weighted by atomic mass is 35.5. The molecule has 2 bridgehead atoms. The van der Waals surface area contributed by atoms with Gasteiger partial charge < -0.3 is 4.74 Å². The van der Waals surface area contributed by atoms with Gasteiger partial charge in [-0.05, 0) is 49.1 Å². The van der Waals surface area contributed by atoms with E-state index >= 15 is 0 Å². The second-order valence-electron chi connectivity index (χ2n) is 5.23. The number of aliphatic imine (C=N–C) groups is 1. The molecule has 0 aromatic carbocycles. The smallest absolute Gasteiger partial charge is 0.314 e. The number of rotatable bonds is 2. The van der Waals surface area contributed by atoms with Crippen molar-refractivity contribution < 1.29 is 9.53 Å². The number of hydrogen-bond donors (Lipinski definition) is 0. The Balaban J connectivity index is 1.98. The average Bonchev–Trinajstić information content (AvgIpc) is 2.47. The fourth-order valence-electron chi connectivity index (χ4n) is 3.30. The highest BCUT2D eigenvalue weighted by Crippen LogP contribution is 2.44. The monoisotopic (exact) mass is 294 g/mol. The predicted octanol–water partition coefficient (Wildman–Crippen LogP) is 2.21. The number of aromatic nitrogens is 3. The molecule has 0 unspecified atom stereocenters. The van der Waals surface area contributed by atoms with E-state index in [1.165, 1.54) is 13.3 Å². The largest absolute Gasteiger partial charge is 0.469 e. The fourth-order valence-corrected chi connectivity index (χ4v) is 3.43. The van der Waals surface area contributed by atoms with Gasteiger partial charge in [0.2, 0.25) is 5.28 Å². The van der Waals surface area contributed by atoms with Crippen LogP contribution in [0.15, 0.2) is 11.2 Å². The molecule has 0 amide bonds. The first-order valence-electron chi connectivity index (χ1n) is 6.70. The summed E-state index contributed by atoms with van der Waals surface area (Å²) in [7, 11) is 1.42. The summed E-state index contributed by atoms with van der Waals surface area (Å²) < 4.78 is 4.94. The van der Waals surface area contributed by atoms with Crippen LogP contribution in [0.1, 0.15) is 25.7 Å². The molecule has 1 atom stereocenters. The number of carbonyl (C=O) groups is 1. The molecule has 1 aromatic rings. The lowest BCUT2D eigenvalue weighted by atomic mass is 9.63. The van der Waals surface area contributed by atoms with Crippen LogP contribution in [0.3, 0.4) is 0 Å². The van der Waals surface area contributed by atoms with Gasteiger partial charge in [0.15, 0.2) is 5.82 Å². The van der Waals surface area contributed by atoms with Crippen LogP contribution in [0.25, 0.3) is 0 Å². The third-order valence-electron chi connectivity index (χ3n) is 4.20. The minimum atomic E-state index is -0.249. The molecule has 0 N–H and O–H groups in total. The number of esters is 1. The summed E-state index contributed by atoms with van der Waals surface area (Å²) in [6, 6.07) is 0. The van der Waals surface area contributed by atoms with E-state index in [9.17, 15) is 4.79 Å². The van der Waals surface area contributed by atoms with Gasteiger partial charge in [0, 0.05) is 5.71 Å². The topological polar surface area (TPSA) is 77.3 Å². The van der Waals surface area contributed by atoms with Gasteiger partial charge in [0.25, 0.3) is 0 Å². The van der Waals surface area contributed by atoms with Crippen molar-refractivity contribution in [2.45, 2.75) is 25.7 Å². The second kappa shape index (κ2) is 5.44. The molecule has 3 saturated carbocycles. The van der Waals surface area contributed by atoms with Crippen LogP contribution < -0.4 is 0 Å². The molecule has 7 heteroatoms. The van der Waals surface area contributed by atoms with E-state index in [1.807, 2.05) is 0 Å². The first kappa shape index (κ1) is 13.4. The van der Waals surface area contributed by atoms with Gasteiger partial charge in [-0.25, -0.2) is 4.99 Å². The summed E-state index contributed by atoms with van der Waals surface area (Å²) in [6.07, 6.45) is 5.72. The van der Waals surface area contributed by atoms with E-state index in [0.29, 0.717) is 17.7 Å². The first-order chi connectivity index (χ1) is 9.69. The fraction of sp³-hybridized carbons (Fsp3) is 0.615. The van der Waals surface area contributed by atoms with Crippen molar-refractivity contribution in [2.75, 3.05) is 7.11 Å². The number of methoxy groups -OCH3 is 1. The van der Waals surface area contributed by atoms with Crippen molar-refractivity contribution >= 4 is 29.1 Å². The molecule has 3 aliphatic rings. The zero-order chi connectivity index (χ0) is 14.1. The Labute approximate surface area is 121 Å². The maximum absolute atomic E-state index is 12.0. The number of hydrogen-bond acceptors (Lipinski definition) is 6. The van der Waals surface area contributed by atoms with Crippen LogP contribution in [-0.4, -0.2) is 34.0 Å². The summed E-state index contributed by atoms with van der Waals surface area (Å²) in [5.41, 5.74) is 0.871. The molecule has 106 valence electrons. The summed E-state index contributed by atoms with van der Waals surface area (Å²) in [6.45, 7) is 0. The SMILES string of the molecule is COC(=O)[C@H]1/C(=N/c2cnnc(Cl)n2)C2CCC1CC2. The lowest BCUT2D eigenvalue weighted by Gasteiger charge is -2.41. The highest BCUT2D eigenvalue weighted by Gasteiger charge is 2.45. The zero-order valence-corrected chi connectivity index (χ0v) is 11.9. The van der Waals surface area contributed by atoms with Crippen LogP contribution >= 0.6 is 11.6 Å². The quantitative estimate of drug-likeness (QED) is 0.782. The van der Waals surface area contributed by atoms with E-state index < -0.39 is 0 Å². The lowest BCUT2D eigenvalue weighted by Crippen LogP contribution is -2.45. The molecule has 1 heterocycles. The molecule has 1 aromatic heterocycles. The van der Waals surface area contributed by atoms with Crippen LogP contribution in [-0.2, 0) is 9.53 Å². The van der Waals surface area contributed by atoms with Crippen molar-refractivity contribution in [1.29, 1.82) is 0 Å². The van der Waals surface area contributed by atoms with Gasteiger partial charge >= 0.3 is 5.97 Å². The van der Waals surface area contributed by atoms with Gasteiger partial charge in [0.1, 0.15) is 0 Å². The summed E-state index contributed by atoms with van der Waals surface area (Å²) in [5.74, 6) is 0.614. The molecule has 0 radical (unpaired) electrons. The highest BCUT2D eigenvalue weighted by molar-refractivity contribution is 6.28. The van der Waals surface area contributed by atoms with Crippen molar-refractivity contribution in [3.05, 3.63) is 11.5 Å². The van der Waals surface area contributed by atoms with Crippen molar-refractivity contribution in [1.82, 2.24) is 15.2 Å². The number of ether oxygens (including phenoxy) is 1. The number of carbonyl (C=O) groups excluding carboxylic acids is 1. The number of nitrogens with zero attached hydrogens (tertiary/aromatic N) is 4. The maximum Gasteiger partial charge on any atom is 0.314 e. The zero-order valence-electron chi connectivity index (χ0n) is 11.1. The normalized spacial score (nSPS) is 30.5. The van der Waals surface area contributed by atoms with Crippen molar-refractivity contribution in [2.24, 2.45) is 22.7 Å². The molecule has 20 heavy (non-hydrogen) atoms. The Morgan fingerprint density at radius 2 is 2.15 bits per heavy atom. The van der Waals surface area contributed by atoms with Gasteiger partial charge in [-0.2, -0.15) is 10.1 Å². The Hall–Kier alpha value is -1.56. The predicted molar refractivity (Wildman–Crippen MR) is 72.9 cm³/mol. The molecular weight excluding hydrogens is 280 g/mol. The molecular formula is C13H15ClN4O2. The first-order valence-corrected chi connectivity index (χ1v) is 7.08. The molecule has 0 spiro atoms. The number of fused-ring (bicyclic) bond motifs is 3. The standard InChI is InChI=1S/C13H15ClN4O2/c1-20-12(19)10-7-2-4-8(5-3-7)11(10)16-9-6-15-18-13(14)17-9/h6-8,10H,2-5H2,1H3/b16-11+/t7?,8?,10-/m1/s1. The van der Waals surface area contributed by atoms with Crippen molar-refractivity contribution in [3.63, 3.8) is 0 Å². The molecule has 6 nitrogen and oxygen atoms in total. The summed E-state index contributed by atoms with van der Waals surface area (Å²) in [5, 5.41) is 7.39. The van der Waals surface area contributed by atoms with Crippen LogP contribution in [0.2, 0.25) is 5.28 Å². The Kier molecular flexibility index (Phi) is 3.65. The molecule has 0 saturated heterocycles. The minimum absolute atomic E-state index is 0.0578. The van der Waals surface area contributed by atoms with Gasteiger partial charge in [-0.15, -0.1) is 5.10 Å². The molecule has 3 fully saturated rings. The Bertz CT molecular complexity index is 555. The minimum Gasteiger partial charge on any atom is -0.469 e. The molecule has 0 aliphatic heterocycles. The number of halogens is 1. The lowest BCUT2D eigenvalue weighted by molar-refractivity contribution is -0.145. The average molecular weight is 295 g/mol. The van der Waals surface area contributed by atoms with E-state index in [0.717, 1.165) is 31.4 Å². The Morgan fingerprint density at radius 3 is 2.80 bits per heavy atom. The molecule has 3 aliphatic carbocycles. The van der Waals surface area contributed by atoms with Crippen LogP contribution in [0.4, 0.5) is 5.82 Å². The van der Waals surface area contributed by atoms with E-state index in [1.54, 1.807) is 0 Å². The van der Waals surface area contributed by atoms with E-state index in [-0.39, 0.29) is 17.2 Å². The van der Waals surface area contributed by atoms with Crippen molar-refractivity contribution in [3.8, 4) is 0 Å². The molecule has 4 rings (SSSR count). The Morgan fingerprint density at radius 1 is 1.40 bits per heavy atom. The summed E-state index contributed by atoms with van der Waals surface area (Å²) in [4.78, 5) is 20.6. The van der Waals surface area contributed by atoms with Gasteiger partial charge in [-0.3, -0.25) is 4.79 Å². The second-order valence-corrected chi connectivity index (χ2v) is 5.57.